The maximum atomic E-state index is 9.28. The monoisotopic (exact) mass is 244 g/mol. The summed E-state index contributed by atoms with van der Waals surface area (Å²) in [5.41, 5.74) is 1.78. The summed E-state index contributed by atoms with van der Waals surface area (Å²) in [5.74, 6) is 0. The number of anilines is 1. The van der Waals surface area contributed by atoms with E-state index in [0.717, 1.165) is 16.3 Å². The van der Waals surface area contributed by atoms with Crippen LogP contribution in [0.4, 0.5) is 5.69 Å². The molecule has 0 saturated heterocycles. The lowest BCUT2D eigenvalue weighted by molar-refractivity contribution is 0.256. The molecular weight excluding hydrogens is 232 g/mol. The summed E-state index contributed by atoms with van der Waals surface area (Å²) in [6.07, 6.45) is 2.48. The number of hydrogen-bond donors (Lipinski definition) is 2. The summed E-state index contributed by atoms with van der Waals surface area (Å²) in [6.45, 7) is 0.330. The van der Waals surface area contributed by atoms with Crippen LogP contribution in [0, 0.1) is 0 Å². The first kappa shape index (κ1) is 12.6. The van der Waals surface area contributed by atoms with E-state index in [2.05, 4.69) is 4.99 Å². The molecule has 6 nitrogen and oxygen atoms in total. The van der Waals surface area contributed by atoms with Crippen molar-refractivity contribution in [3.05, 3.63) is 29.8 Å². The van der Waals surface area contributed by atoms with Gasteiger partial charge in [0, 0.05) is 11.8 Å². The Morgan fingerprint density at radius 1 is 1.38 bits per heavy atom. The number of hydrogen-bond acceptors (Lipinski definition) is 5. The SMILES string of the molecule is CS(=O)(=O)O.ON1CN=Cc2ccccc21. The summed E-state index contributed by atoms with van der Waals surface area (Å²) >= 11 is 0. The Bertz CT molecular complexity index is 476. The molecule has 0 spiro atoms. The van der Waals surface area contributed by atoms with Gasteiger partial charge in [-0.25, -0.2) is 5.06 Å². The fourth-order valence-electron chi connectivity index (χ4n) is 1.12. The molecule has 2 rings (SSSR count). The maximum Gasteiger partial charge on any atom is 0.261 e. The van der Waals surface area contributed by atoms with E-state index in [-0.39, 0.29) is 0 Å². The van der Waals surface area contributed by atoms with E-state index in [1.807, 2.05) is 24.3 Å². The second-order valence-electron chi connectivity index (χ2n) is 3.14. The highest BCUT2D eigenvalue weighted by Gasteiger charge is 2.09. The van der Waals surface area contributed by atoms with E-state index in [4.69, 9.17) is 4.55 Å². The van der Waals surface area contributed by atoms with Crippen molar-refractivity contribution in [3.63, 3.8) is 0 Å². The van der Waals surface area contributed by atoms with Crippen LogP contribution in [0.15, 0.2) is 29.3 Å². The van der Waals surface area contributed by atoms with E-state index in [9.17, 15) is 13.6 Å². The van der Waals surface area contributed by atoms with Gasteiger partial charge in [0.05, 0.1) is 11.9 Å². The Morgan fingerprint density at radius 2 is 1.94 bits per heavy atom. The van der Waals surface area contributed by atoms with Gasteiger partial charge >= 0.3 is 0 Å². The molecule has 0 amide bonds. The fraction of sp³-hybridized carbons (Fsp3) is 0.222. The highest BCUT2D eigenvalue weighted by atomic mass is 32.2. The summed E-state index contributed by atoms with van der Waals surface area (Å²) in [6, 6.07) is 7.59. The molecule has 0 atom stereocenters. The molecule has 1 aliphatic heterocycles. The van der Waals surface area contributed by atoms with Crippen LogP contribution in [0.1, 0.15) is 5.56 Å². The van der Waals surface area contributed by atoms with Crippen molar-refractivity contribution in [1.29, 1.82) is 0 Å². The van der Waals surface area contributed by atoms with Gasteiger partial charge in [-0.2, -0.15) is 8.42 Å². The summed E-state index contributed by atoms with van der Waals surface area (Å²) in [4.78, 5) is 3.95. The highest BCUT2D eigenvalue weighted by Crippen LogP contribution is 2.19. The number of fused-ring (bicyclic) bond motifs is 1. The number of rotatable bonds is 0. The third-order valence-corrected chi connectivity index (χ3v) is 1.66. The normalized spacial score (nSPS) is 13.8. The first-order valence-corrected chi connectivity index (χ1v) is 6.20. The molecule has 0 unspecified atom stereocenters. The van der Waals surface area contributed by atoms with Crippen molar-refractivity contribution in [2.24, 2.45) is 4.99 Å². The third kappa shape index (κ3) is 4.39. The van der Waals surface area contributed by atoms with Crippen LogP contribution in [0.25, 0.3) is 0 Å². The minimum atomic E-state index is -3.67. The van der Waals surface area contributed by atoms with Crippen molar-refractivity contribution < 1.29 is 18.2 Å². The molecule has 1 heterocycles. The van der Waals surface area contributed by atoms with E-state index in [0.29, 0.717) is 12.9 Å². The van der Waals surface area contributed by atoms with Gasteiger partial charge < -0.3 is 0 Å². The lowest BCUT2D eigenvalue weighted by Crippen LogP contribution is -2.22. The molecule has 2 N–H and O–H groups in total. The molecule has 1 aromatic carbocycles. The van der Waals surface area contributed by atoms with Gasteiger partial charge in [-0.3, -0.25) is 14.8 Å². The number of para-hydroxylation sites is 1. The molecule has 1 aromatic rings. The van der Waals surface area contributed by atoms with Gasteiger partial charge in [-0.1, -0.05) is 18.2 Å². The standard InChI is InChI=1S/C8H8N2O.CH4O3S/c11-10-6-9-5-7-3-1-2-4-8(7)10;1-5(2,3)4/h1-5,11H,6H2;1H3,(H,2,3,4). The number of hydroxylamine groups is 1. The van der Waals surface area contributed by atoms with Gasteiger partial charge in [0.2, 0.25) is 0 Å². The van der Waals surface area contributed by atoms with Crippen LogP contribution in [0.2, 0.25) is 0 Å². The smallest absolute Gasteiger partial charge is 0.261 e. The number of nitrogens with zero attached hydrogens (tertiary/aromatic N) is 2. The average Bonchev–Trinajstić information content (AvgIpc) is 2.16. The minimum Gasteiger partial charge on any atom is -0.287 e. The van der Waals surface area contributed by atoms with Crippen LogP contribution >= 0.6 is 0 Å². The Labute approximate surface area is 93.6 Å². The molecule has 0 radical (unpaired) electrons. The summed E-state index contributed by atoms with van der Waals surface area (Å²) < 4.78 is 25.9. The van der Waals surface area contributed by atoms with E-state index in [1.54, 1.807) is 6.21 Å². The van der Waals surface area contributed by atoms with Crippen LogP contribution in [0.3, 0.4) is 0 Å². The third-order valence-electron chi connectivity index (χ3n) is 1.66. The molecule has 0 saturated carbocycles. The van der Waals surface area contributed by atoms with Gasteiger partial charge in [0.1, 0.15) is 6.67 Å². The second-order valence-corrected chi connectivity index (χ2v) is 4.61. The van der Waals surface area contributed by atoms with Crippen molar-refractivity contribution in [2.75, 3.05) is 18.0 Å². The highest BCUT2D eigenvalue weighted by molar-refractivity contribution is 7.85. The second kappa shape index (κ2) is 5.06. The number of aliphatic imine (C=N–C) groups is 1. The molecule has 0 aromatic heterocycles. The first-order chi connectivity index (χ1) is 7.38. The molecule has 1 aliphatic rings. The zero-order valence-electron chi connectivity index (χ0n) is 8.61. The summed E-state index contributed by atoms with van der Waals surface area (Å²) in [7, 11) is -3.67. The predicted octanol–water partition coefficient (Wildman–Crippen LogP) is 0.776. The Hall–Kier alpha value is -1.44. The maximum absolute atomic E-state index is 9.28. The van der Waals surface area contributed by atoms with Crippen molar-refractivity contribution in [3.8, 4) is 0 Å². The van der Waals surface area contributed by atoms with E-state index in [1.165, 1.54) is 0 Å². The Kier molecular flexibility index (Phi) is 3.99. The van der Waals surface area contributed by atoms with Crippen molar-refractivity contribution in [2.45, 2.75) is 0 Å². The zero-order valence-corrected chi connectivity index (χ0v) is 9.42. The van der Waals surface area contributed by atoms with E-state index < -0.39 is 10.1 Å². The molecular formula is C9H12N2O4S. The Balaban J connectivity index is 0.000000221. The Morgan fingerprint density at radius 3 is 2.50 bits per heavy atom. The molecule has 0 bridgehead atoms. The van der Waals surface area contributed by atoms with Gasteiger partial charge in [0.25, 0.3) is 10.1 Å². The molecule has 0 aliphatic carbocycles. The average molecular weight is 244 g/mol. The summed E-state index contributed by atoms with van der Waals surface area (Å²) in [5, 5.41) is 10.4. The first-order valence-electron chi connectivity index (χ1n) is 4.35. The van der Waals surface area contributed by atoms with Crippen LogP contribution in [0.5, 0.6) is 0 Å². The minimum absolute atomic E-state index is 0.330. The quantitative estimate of drug-likeness (QED) is 0.658. The van der Waals surface area contributed by atoms with Gasteiger partial charge in [-0.05, 0) is 6.07 Å². The number of benzene rings is 1. The fourth-order valence-corrected chi connectivity index (χ4v) is 1.12. The van der Waals surface area contributed by atoms with Crippen molar-refractivity contribution >= 4 is 22.0 Å². The molecule has 88 valence electrons. The molecule has 0 fully saturated rings. The van der Waals surface area contributed by atoms with Crippen LogP contribution in [-0.4, -0.2) is 37.3 Å². The lowest BCUT2D eigenvalue weighted by atomic mass is 10.2. The van der Waals surface area contributed by atoms with Gasteiger partial charge in [-0.15, -0.1) is 0 Å². The van der Waals surface area contributed by atoms with Crippen LogP contribution in [-0.2, 0) is 10.1 Å². The van der Waals surface area contributed by atoms with Crippen LogP contribution < -0.4 is 5.06 Å². The largest absolute Gasteiger partial charge is 0.287 e. The topological polar surface area (TPSA) is 90.2 Å². The van der Waals surface area contributed by atoms with Crippen molar-refractivity contribution in [1.82, 2.24) is 0 Å². The molecule has 7 heteroatoms. The zero-order chi connectivity index (χ0) is 12.2. The van der Waals surface area contributed by atoms with E-state index >= 15 is 0 Å². The molecule has 16 heavy (non-hydrogen) atoms. The lowest BCUT2D eigenvalue weighted by Gasteiger charge is -2.19. The predicted molar refractivity (Wildman–Crippen MR) is 60.6 cm³/mol. The van der Waals surface area contributed by atoms with Gasteiger partial charge in [0.15, 0.2) is 0 Å².